The zero-order chi connectivity index (χ0) is 17.6. The Kier molecular flexibility index (Phi) is 14.7. The summed E-state index contributed by atoms with van der Waals surface area (Å²) in [6, 6.07) is 7.65. The minimum Gasteiger partial charge on any atom is -0.357 e. The molecule has 0 bridgehead atoms. The number of halogens is 1. The molecular weight excluding hydrogens is 447 g/mol. The highest BCUT2D eigenvalue weighted by Gasteiger charge is 2.04. The van der Waals surface area contributed by atoms with Crippen LogP contribution in [0.2, 0.25) is 0 Å². The molecule has 0 fully saturated rings. The third-order valence-corrected chi connectivity index (χ3v) is 4.01. The Labute approximate surface area is 173 Å². The van der Waals surface area contributed by atoms with E-state index in [-0.39, 0.29) is 29.9 Å². The van der Waals surface area contributed by atoms with Crippen LogP contribution in [0.5, 0.6) is 0 Å². The number of carbonyl (C=O) groups excluding carboxylic acids is 1. The molecule has 0 unspecified atom stereocenters. The molecule has 7 heteroatoms. The zero-order valence-corrected chi connectivity index (χ0v) is 18.6. The number of thioether (sulfide) groups is 1. The Hall–Kier alpha value is -0.960. The molecular formula is C18H31IN4OS. The number of rotatable bonds is 10. The van der Waals surface area contributed by atoms with Crippen LogP contribution in [0.25, 0.3) is 0 Å². The monoisotopic (exact) mass is 478 g/mol. The number of hydrogen-bond donors (Lipinski definition) is 3. The summed E-state index contributed by atoms with van der Waals surface area (Å²) < 4.78 is 0. The molecule has 25 heavy (non-hydrogen) atoms. The lowest BCUT2D eigenvalue weighted by molar-refractivity contribution is 0.0953. The molecule has 0 saturated heterocycles. The first-order valence-corrected chi connectivity index (χ1v) is 9.98. The van der Waals surface area contributed by atoms with Crippen LogP contribution in [-0.4, -0.2) is 43.5 Å². The minimum absolute atomic E-state index is 0. The van der Waals surface area contributed by atoms with Gasteiger partial charge in [-0.05, 0) is 37.3 Å². The van der Waals surface area contributed by atoms with Gasteiger partial charge in [-0.15, -0.1) is 24.0 Å². The molecule has 0 aromatic heterocycles. The highest BCUT2D eigenvalue weighted by Crippen LogP contribution is 2.06. The molecule has 0 spiro atoms. The van der Waals surface area contributed by atoms with E-state index in [0.717, 1.165) is 49.8 Å². The Bertz CT molecular complexity index is 508. The zero-order valence-electron chi connectivity index (χ0n) is 15.4. The normalized spacial score (nSPS) is 10.8. The lowest BCUT2D eigenvalue weighted by Gasteiger charge is -2.10. The Morgan fingerprint density at radius 2 is 1.80 bits per heavy atom. The number of hydrogen-bond acceptors (Lipinski definition) is 3. The molecule has 142 valence electrons. The summed E-state index contributed by atoms with van der Waals surface area (Å²) in [4.78, 5) is 16.5. The predicted molar refractivity (Wildman–Crippen MR) is 120 cm³/mol. The number of carbonyl (C=O) groups is 1. The van der Waals surface area contributed by atoms with E-state index in [2.05, 4.69) is 41.0 Å². The summed E-state index contributed by atoms with van der Waals surface area (Å²) in [7, 11) is 0. The van der Waals surface area contributed by atoms with E-state index in [1.165, 1.54) is 0 Å². The van der Waals surface area contributed by atoms with Gasteiger partial charge in [0.05, 0.1) is 6.54 Å². The summed E-state index contributed by atoms with van der Waals surface area (Å²) in [5.41, 5.74) is 1.78. The van der Waals surface area contributed by atoms with E-state index in [9.17, 15) is 4.79 Å². The molecule has 1 rings (SSSR count). The van der Waals surface area contributed by atoms with E-state index in [1.807, 2.05) is 24.3 Å². The van der Waals surface area contributed by atoms with Crippen LogP contribution in [0.1, 0.15) is 42.6 Å². The van der Waals surface area contributed by atoms with Gasteiger partial charge in [-0.2, -0.15) is 11.8 Å². The number of aliphatic imine (C=N–C) groups is 1. The van der Waals surface area contributed by atoms with E-state index in [4.69, 9.17) is 0 Å². The third-order valence-electron chi connectivity index (χ3n) is 3.39. The number of unbranched alkanes of at least 4 members (excludes halogenated alkanes) is 1. The average Bonchev–Trinajstić information content (AvgIpc) is 2.60. The summed E-state index contributed by atoms with van der Waals surface area (Å²) in [5.74, 6) is 1.87. The molecule has 1 aromatic carbocycles. The molecule has 0 aliphatic rings. The summed E-state index contributed by atoms with van der Waals surface area (Å²) in [6.45, 7) is 7.21. The van der Waals surface area contributed by atoms with Crippen molar-refractivity contribution in [3.8, 4) is 0 Å². The van der Waals surface area contributed by atoms with Crippen molar-refractivity contribution in [3.05, 3.63) is 35.4 Å². The van der Waals surface area contributed by atoms with Gasteiger partial charge in [-0.3, -0.25) is 4.79 Å². The van der Waals surface area contributed by atoms with Crippen molar-refractivity contribution < 1.29 is 4.79 Å². The quantitative estimate of drug-likeness (QED) is 0.209. The van der Waals surface area contributed by atoms with E-state index < -0.39 is 0 Å². The maximum atomic E-state index is 12.0. The summed E-state index contributed by atoms with van der Waals surface area (Å²) >= 11 is 1.80. The second-order valence-corrected chi connectivity index (χ2v) is 6.41. The van der Waals surface area contributed by atoms with Crippen LogP contribution in [0.15, 0.2) is 29.3 Å². The topological polar surface area (TPSA) is 65.5 Å². The van der Waals surface area contributed by atoms with Gasteiger partial charge in [0.15, 0.2) is 5.96 Å². The molecule has 3 N–H and O–H groups in total. The van der Waals surface area contributed by atoms with E-state index in [0.29, 0.717) is 12.1 Å². The highest BCUT2D eigenvalue weighted by atomic mass is 127. The molecule has 1 aromatic rings. The Balaban J connectivity index is 0.00000576. The van der Waals surface area contributed by atoms with Crippen LogP contribution in [0.4, 0.5) is 0 Å². The van der Waals surface area contributed by atoms with Gasteiger partial charge in [0.25, 0.3) is 5.91 Å². The number of guanidine groups is 1. The SMILES string of the molecule is CCCCNC(=O)c1ccc(CN=C(NCC)NCCSC)cc1.I. The third kappa shape index (κ3) is 10.6. The van der Waals surface area contributed by atoms with Crippen LogP contribution in [-0.2, 0) is 6.54 Å². The van der Waals surface area contributed by atoms with Gasteiger partial charge >= 0.3 is 0 Å². The fourth-order valence-electron chi connectivity index (χ4n) is 2.03. The fourth-order valence-corrected chi connectivity index (χ4v) is 2.33. The van der Waals surface area contributed by atoms with Crippen molar-refractivity contribution in [2.24, 2.45) is 4.99 Å². The second-order valence-electron chi connectivity index (χ2n) is 5.42. The van der Waals surface area contributed by atoms with Crippen LogP contribution in [0.3, 0.4) is 0 Å². The first kappa shape index (κ1) is 24.0. The van der Waals surface area contributed by atoms with Crippen LogP contribution >= 0.6 is 35.7 Å². The smallest absolute Gasteiger partial charge is 0.251 e. The predicted octanol–water partition coefficient (Wildman–Crippen LogP) is 3.25. The molecule has 0 heterocycles. The maximum Gasteiger partial charge on any atom is 0.251 e. The molecule has 0 aliphatic carbocycles. The molecule has 0 saturated carbocycles. The lowest BCUT2D eigenvalue weighted by atomic mass is 10.1. The van der Waals surface area contributed by atoms with Crippen molar-refractivity contribution in [2.45, 2.75) is 33.2 Å². The number of amides is 1. The second kappa shape index (κ2) is 15.3. The van der Waals surface area contributed by atoms with Crippen molar-refractivity contribution >= 4 is 47.6 Å². The number of benzene rings is 1. The largest absolute Gasteiger partial charge is 0.357 e. The van der Waals surface area contributed by atoms with Gasteiger partial charge in [0, 0.05) is 31.0 Å². The average molecular weight is 478 g/mol. The fraction of sp³-hybridized carbons (Fsp3) is 0.556. The van der Waals surface area contributed by atoms with Gasteiger partial charge < -0.3 is 16.0 Å². The van der Waals surface area contributed by atoms with Crippen molar-refractivity contribution in [2.75, 3.05) is 31.6 Å². The molecule has 0 atom stereocenters. The van der Waals surface area contributed by atoms with Crippen LogP contribution < -0.4 is 16.0 Å². The Morgan fingerprint density at radius 1 is 1.08 bits per heavy atom. The standard InChI is InChI=1S/C18H30N4OS.HI/c1-4-6-11-20-17(23)16-9-7-15(8-10-16)14-22-18(19-5-2)21-12-13-24-3;/h7-10H,4-6,11-14H2,1-3H3,(H,20,23)(H2,19,21,22);1H. The number of nitrogens with one attached hydrogen (secondary N) is 3. The molecule has 0 aliphatic heterocycles. The summed E-state index contributed by atoms with van der Waals surface area (Å²) in [5, 5.41) is 9.47. The minimum atomic E-state index is -0.00873. The summed E-state index contributed by atoms with van der Waals surface area (Å²) in [6.07, 6.45) is 4.18. The lowest BCUT2D eigenvalue weighted by Crippen LogP contribution is -2.38. The van der Waals surface area contributed by atoms with Crippen LogP contribution in [0, 0.1) is 0 Å². The first-order chi connectivity index (χ1) is 11.7. The van der Waals surface area contributed by atoms with Gasteiger partial charge in [0.1, 0.15) is 0 Å². The molecule has 0 radical (unpaired) electrons. The van der Waals surface area contributed by atoms with Gasteiger partial charge in [-0.25, -0.2) is 4.99 Å². The van der Waals surface area contributed by atoms with Gasteiger partial charge in [-0.1, -0.05) is 25.5 Å². The Morgan fingerprint density at radius 3 is 2.40 bits per heavy atom. The van der Waals surface area contributed by atoms with Crippen molar-refractivity contribution in [1.82, 2.24) is 16.0 Å². The molecule has 1 amide bonds. The first-order valence-electron chi connectivity index (χ1n) is 8.59. The van der Waals surface area contributed by atoms with Crippen molar-refractivity contribution in [3.63, 3.8) is 0 Å². The number of nitrogens with zero attached hydrogens (tertiary/aromatic N) is 1. The van der Waals surface area contributed by atoms with Crippen molar-refractivity contribution in [1.29, 1.82) is 0 Å². The molecule has 5 nitrogen and oxygen atoms in total. The van der Waals surface area contributed by atoms with E-state index >= 15 is 0 Å². The van der Waals surface area contributed by atoms with E-state index in [1.54, 1.807) is 11.8 Å². The highest BCUT2D eigenvalue weighted by molar-refractivity contribution is 14.0. The van der Waals surface area contributed by atoms with Gasteiger partial charge in [0.2, 0.25) is 0 Å². The maximum absolute atomic E-state index is 12.0.